The van der Waals surface area contributed by atoms with E-state index in [9.17, 15) is 32.9 Å². The maximum Gasteiger partial charge on any atom is 0.418 e. The van der Waals surface area contributed by atoms with Crippen molar-refractivity contribution in [3.8, 4) is 11.5 Å². The average Bonchev–Trinajstić information content (AvgIpc) is 2.71. The van der Waals surface area contributed by atoms with Crippen LogP contribution in [-0.2, 0) is 20.5 Å². The Morgan fingerprint density at radius 2 is 1.84 bits per heavy atom. The fourth-order valence-electron chi connectivity index (χ4n) is 2.54. The van der Waals surface area contributed by atoms with Gasteiger partial charge in [-0.15, -0.1) is 0 Å². The Kier molecular flexibility index (Phi) is 7.63. The number of methoxy groups -OCH3 is 1. The number of benzene rings is 2. The van der Waals surface area contributed by atoms with Crippen molar-refractivity contribution in [1.82, 2.24) is 0 Å². The van der Waals surface area contributed by atoms with Gasteiger partial charge in [-0.25, -0.2) is 4.79 Å². The van der Waals surface area contributed by atoms with Crippen molar-refractivity contribution in [2.24, 2.45) is 0 Å². The van der Waals surface area contributed by atoms with E-state index in [1.54, 1.807) is 18.2 Å². The normalized spacial score (nSPS) is 11.9. The first-order valence-corrected chi connectivity index (χ1v) is 9.05. The van der Waals surface area contributed by atoms with Gasteiger partial charge in [0.25, 0.3) is 11.6 Å². The molecule has 0 aliphatic heterocycles. The zero-order valence-electron chi connectivity index (χ0n) is 17.2. The molecule has 0 bridgehead atoms. The number of nitrogens with one attached hydrogen (secondary N) is 1. The van der Waals surface area contributed by atoms with Gasteiger partial charge in [-0.3, -0.25) is 14.9 Å². The number of aryl methyl sites for hydroxylation is 1. The van der Waals surface area contributed by atoms with Gasteiger partial charge in [0.1, 0.15) is 0 Å². The molecule has 0 aliphatic rings. The molecule has 0 aliphatic carbocycles. The number of esters is 1. The number of non-ortho nitro benzene ring substituents is 1. The molecule has 2 aromatic rings. The number of amides is 1. The van der Waals surface area contributed by atoms with E-state index in [0.29, 0.717) is 11.8 Å². The minimum Gasteiger partial charge on any atom is -0.493 e. The Morgan fingerprint density at radius 1 is 1.16 bits per heavy atom. The van der Waals surface area contributed by atoms with Crippen LogP contribution in [0, 0.1) is 17.0 Å². The number of nitro benzene ring substituents is 1. The van der Waals surface area contributed by atoms with E-state index in [0.717, 1.165) is 24.6 Å². The summed E-state index contributed by atoms with van der Waals surface area (Å²) in [6, 6.07) is 6.84. The van der Waals surface area contributed by atoms with Crippen molar-refractivity contribution in [3.63, 3.8) is 0 Å². The van der Waals surface area contributed by atoms with Gasteiger partial charge in [0.15, 0.2) is 24.2 Å². The number of anilines is 1. The third-order valence-corrected chi connectivity index (χ3v) is 4.12. The Morgan fingerprint density at radius 3 is 2.44 bits per heavy atom. The van der Waals surface area contributed by atoms with E-state index in [4.69, 9.17) is 14.2 Å². The molecule has 0 radical (unpaired) electrons. The molecule has 0 spiro atoms. The second-order valence-corrected chi connectivity index (χ2v) is 6.55. The summed E-state index contributed by atoms with van der Waals surface area (Å²) in [5, 5.41) is 12.7. The number of carbonyl (C=O) groups is 2. The predicted molar refractivity (Wildman–Crippen MR) is 106 cm³/mol. The highest BCUT2D eigenvalue weighted by Gasteiger charge is 2.36. The monoisotopic (exact) mass is 456 g/mol. The highest BCUT2D eigenvalue weighted by molar-refractivity contribution is 5.96. The van der Waals surface area contributed by atoms with Crippen molar-refractivity contribution in [1.29, 1.82) is 0 Å². The Bertz CT molecular complexity index is 1020. The molecule has 12 heteroatoms. The number of ether oxygens (including phenoxy) is 3. The van der Waals surface area contributed by atoms with Crippen LogP contribution in [0.4, 0.5) is 24.5 Å². The molecule has 172 valence electrons. The van der Waals surface area contributed by atoms with Gasteiger partial charge in [0, 0.05) is 12.1 Å². The number of alkyl halides is 3. The summed E-state index contributed by atoms with van der Waals surface area (Å²) in [6.45, 7) is 2.40. The largest absolute Gasteiger partial charge is 0.493 e. The summed E-state index contributed by atoms with van der Waals surface area (Å²) in [4.78, 5) is 33.9. The van der Waals surface area contributed by atoms with Crippen LogP contribution in [0.15, 0.2) is 36.4 Å². The lowest BCUT2D eigenvalue weighted by molar-refractivity contribution is -0.385. The number of nitro groups is 1. The summed E-state index contributed by atoms with van der Waals surface area (Å²) in [7, 11) is 1.42. The maximum absolute atomic E-state index is 13.2. The van der Waals surface area contributed by atoms with E-state index in [1.807, 2.05) is 12.2 Å². The molecular weight excluding hydrogens is 437 g/mol. The van der Waals surface area contributed by atoms with Crippen molar-refractivity contribution >= 4 is 23.3 Å². The smallest absolute Gasteiger partial charge is 0.418 e. The van der Waals surface area contributed by atoms with E-state index in [1.165, 1.54) is 7.11 Å². The number of carbonyl (C=O) groups excluding carboxylic acids is 2. The van der Waals surface area contributed by atoms with Crippen LogP contribution in [0.5, 0.6) is 11.5 Å². The van der Waals surface area contributed by atoms with Gasteiger partial charge in [-0.1, -0.05) is 6.07 Å². The molecule has 0 saturated carbocycles. The van der Waals surface area contributed by atoms with Gasteiger partial charge in [-0.05, 0) is 37.6 Å². The first kappa shape index (κ1) is 24.4. The minimum absolute atomic E-state index is 0.257. The summed E-state index contributed by atoms with van der Waals surface area (Å²) >= 11 is 0. The van der Waals surface area contributed by atoms with Crippen molar-refractivity contribution in [2.45, 2.75) is 26.1 Å². The second kappa shape index (κ2) is 9.98. The van der Waals surface area contributed by atoms with Crippen LogP contribution in [0.1, 0.15) is 18.1 Å². The zero-order valence-corrected chi connectivity index (χ0v) is 17.2. The molecular formula is C20H19F3N2O7. The lowest BCUT2D eigenvalue weighted by Gasteiger charge is -2.17. The summed E-state index contributed by atoms with van der Waals surface area (Å²) in [5.74, 6) is -1.38. The molecule has 1 atom stereocenters. The van der Waals surface area contributed by atoms with Crippen LogP contribution in [0.3, 0.4) is 0 Å². The van der Waals surface area contributed by atoms with Crippen molar-refractivity contribution < 1.29 is 41.9 Å². The molecule has 1 N–H and O–H groups in total. The maximum atomic E-state index is 13.2. The fraction of sp³-hybridized carbons (Fsp3) is 0.300. The van der Waals surface area contributed by atoms with E-state index >= 15 is 0 Å². The molecule has 0 saturated heterocycles. The van der Waals surface area contributed by atoms with Crippen LogP contribution in [-0.4, -0.2) is 36.6 Å². The van der Waals surface area contributed by atoms with E-state index < -0.39 is 52.6 Å². The van der Waals surface area contributed by atoms with Gasteiger partial charge < -0.3 is 19.5 Å². The highest BCUT2D eigenvalue weighted by atomic mass is 19.4. The lowest BCUT2D eigenvalue weighted by atomic mass is 10.1. The molecule has 0 aromatic heterocycles. The molecule has 2 aromatic carbocycles. The molecule has 1 amide bonds. The Hall–Kier alpha value is -3.83. The van der Waals surface area contributed by atoms with Crippen molar-refractivity contribution in [3.05, 3.63) is 57.6 Å². The fourth-order valence-corrected chi connectivity index (χ4v) is 2.54. The van der Waals surface area contributed by atoms with Crippen LogP contribution < -0.4 is 14.8 Å². The third kappa shape index (κ3) is 6.33. The van der Waals surface area contributed by atoms with Crippen molar-refractivity contribution in [2.75, 3.05) is 19.0 Å². The number of halogens is 3. The molecule has 32 heavy (non-hydrogen) atoms. The predicted octanol–water partition coefficient (Wildman–Crippen LogP) is 3.88. The zero-order chi connectivity index (χ0) is 24.1. The first-order valence-electron chi connectivity index (χ1n) is 9.05. The quantitative estimate of drug-likeness (QED) is 0.364. The topological polar surface area (TPSA) is 117 Å². The molecule has 0 heterocycles. The highest BCUT2D eigenvalue weighted by Crippen LogP contribution is 2.37. The van der Waals surface area contributed by atoms with Crippen LogP contribution >= 0.6 is 0 Å². The summed E-state index contributed by atoms with van der Waals surface area (Å²) < 4.78 is 55.0. The Balaban J connectivity index is 2.02. The average molecular weight is 456 g/mol. The lowest BCUT2D eigenvalue weighted by Crippen LogP contribution is -2.32. The summed E-state index contributed by atoms with van der Waals surface area (Å²) in [5.41, 5.74) is -2.02. The van der Waals surface area contributed by atoms with Gasteiger partial charge >= 0.3 is 12.1 Å². The first-order chi connectivity index (χ1) is 14.9. The van der Waals surface area contributed by atoms with Gasteiger partial charge in [0.2, 0.25) is 0 Å². The molecule has 1 unspecified atom stereocenters. The molecule has 9 nitrogen and oxygen atoms in total. The number of hydrogen-bond donors (Lipinski definition) is 1. The van der Waals surface area contributed by atoms with Gasteiger partial charge in [-0.2, -0.15) is 13.2 Å². The van der Waals surface area contributed by atoms with Crippen LogP contribution in [0.2, 0.25) is 0 Å². The third-order valence-electron chi connectivity index (χ3n) is 4.12. The number of hydrogen-bond acceptors (Lipinski definition) is 7. The number of rotatable bonds is 8. The molecule has 0 fully saturated rings. The summed E-state index contributed by atoms with van der Waals surface area (Å²) in [6.07, 6.45) is -6.43. The molecule has 2 rings (SSSR count). The SMILES string of the molecule is COc1cc(C)ccc1OCC(=O)OC(C)C(=O)Nc1ccc([N+](=O)[O-])cc1C(F)(F)F. The second-order valence-electron chi connectivity index (χ2n) is 6.55. The van der Waals surface area contributed by atoms with E-state index in [2.05, 4.69) is 0 Å². The number of nitrogens with zero attached hydrogens (tertiary/aromatic N) is 1. The standard InChI is InChI=1S/C20H19F3N2O7/c1-11-4-7-16(17(8-11)30-3)31-10-18(26)32-12(2)19(27)24-15-6-5-13(25(28)29)9-14(15)20(21,22)23/h4-9,12H,10H2,1-3H3,(H,24,27). The Labute approximate surface area is 180 Å². The van der Waals surface area contributed by atoms with E-state index in [-0.39, 0.29) is 5.75 Å². The van der Waals surface area contributed by atoms with Gasteiger partial charge in [0.05, 0.1) is 23.3 Å². The van der Waals surface area contributed by atoms with Crippen LogP contribution in [0.25, 0.3) is 0 Å². The minimum atomic E-state index is -4.96.